The minimum Gasteiger partial charge on any atom is -0.394 e. The molecule has 2 fully saturated rings. The molecule has 28 heavy (non-hydrogen) atoms. The van der Waals surface area contributed by atoms with Crippen molar-refractivity contribution in [2.45, 2.75) is 60.9 Å². The first-order chi connectivity index (χ1) is 12.9. The number of nitrogens with two attached hydrogens (primary N) is 2. The lowest BCUT2D eigenvalue weighted by Gasteiger charge is -2.35. The average molecular weight is 432 g/mol. The molecule has 0 aromatic rings. The molecule has 0 radical (unpaired) electrons. The first kappa shape index (κ1) is 24.0. The second kappa shape index (κ2) is 8.12. The first-order valence-electron chi connectivity index (χ1n) is 8.56. The third kappa shape index (κ3) is 3.88. The van der Waals surface area contributed by atoms with Gasteiger partial charge in [-0.15, -0.1) is 0 Å². The van der Waals surface area contributed by atoms with Crippen LogP contribution in [0.3, 0.4) is 0 Å². The van der Waals surface area contributed by atoms with Gasteiger partial charge in [0.05, 0.1) is 37.5 Å². The maximum atomic E-state index is 12.5. The van der Waals surface area contributed by atoms with Crippen LogP contribution < -0.4 is 11.5 Å². The van der Waals surface area contributed by atoms with E-state index in [9.17, 15) is 35.2 Å². The van der Waals surface area contributed by atoms with Gasteiger partial charge < -0.3 is 51.6 Å². The molecular weight excluding hydrogens is 403 g/mol. The second-order valence-electron chi connectivity index (χ2n) is 7.32. The lowest BCUT2D eigenvalue weighted by atomic mass is 9.90. The van der Waals surface area contributed by atoms with Crippen LogP contribution >= 0.6 is 8.25 Å². The summed E-state index contributed by atoms with van der Waals surface area (Å²) in [6, 6.07) is 0. The van der Waals surface area contributed by atoms with Gasteiger partial charge in [0, 0.05) is 0 Å². The van der Waals surface area contributed by atoms with Crippen molar-refractivity contribution in [3.05, 3.63) is 0 Å². The van der Waals surface area contributed by atoms with Gasteiger partial charge in [-0.05, 0) is 13.8 Å². The zero-order valence-electron chi connectivity index (χ0n) is 15.5. The highest BCUT2D eigenvalue weighted by Gasteiger charge is 2.69. The minimum atomic E-state index is -3.54. The van der Waals surface area contributed by atoms with Gasteiger partial charge in [0.1, 0.15) is 24.4 Å². The fourth-order valence-corrected chi connectivity index (χ4v) is 4.13. The summed E-state index contributed by atoms with van der Waals surface area (Å²) >= 11 is 0. The Morgan fingerprint density at radius 1 is 0.893 bits per heavy atom. The predicted octanol–water partition coefficient (Wildman–Crippen LogP) is -4.27. The fraction of sp³-hybridized carbons (Fsp3) is 1.00. The van der Waals surface area contributed by atoms with E-state index < -0.39 is 81.8 Å². The van der Waals surface area contributed by atoms with Gasteiger partial charge in [0.15, 0.2) is 0 Å². The van der Waals surface area contributed by atoms with Gasteiger partial charge in [-0.2, -0.15) is 0 Å². The van der Waals surface area contributed by atoms with Crippen molar-refractivity contribution in [3.8, 4) is 0 Å². The molecule has 0 aliphatic carbocycles. The van der Waals surface area contributed by atoms with Gasteiger partial charge in [-0.25, -0.2) is 0 Å². The zero-order valence-corrected chi connectivity index (χ0v) is 16.5. The number of hydrogen-bond donors (Lipinski definition) is 8. The number of hydrogen-bond acceptors (Lipinski definition) is 13. The highest BCUT2D eigenvalue weighted by molar-refractivity contribution is 7.33. The quantitative estimate of drug-likeness (QED) is 0.108. The summed E-state index contributed by atoms with van der Waals surface area (Å²) in [5, 5.41) is 58.2. The molecule has 4 unspecified atom stereocenters. The molecule has 0 bridgehead atoms. The first-order valence-corrected chi connectivity index (χ1v) is 9.78. The van der Waals surface area contributed by atoms with Crippen LogP contribution in [0.4, 0.5) is 0 Å². The molecule has 6 atom stereocenters. The van der Waals surface area contributed by atoms with Gasteiger partial charge in [-0.3, -0.25) is 13.6 Å². The summed E-state index contributed by atoms with van der Waals surface area (Å²) in [5.74, 6) is -3.84. The number of epoxide rings is 2. The van der Waals surface area contributed by atoms with E-state index in [-0.39, 0.29) is 0 Å². The summed E-state index contributed by atoms with van der Waals surface area (Å²) in [5.41, 5.74) is 7.64. The van der Waals surface area contributed by atoms with E-state index in [2.05, 4.69) is 0 Å². The van der Waals surface area contributed by atoms with Crippen LogP contribution in [0, 0.1) is 0 Å². The van der Waals surface area contributed by atoms with Crippen molar-refractivity contribution >= 4 is 8.25 Å². The molecule has 14 heteroatoms. The van der Waals surface area contributed by atoms with Gasteiger partial charge in [0.2, 0.25) is 11.6 Å². The molecule has 2 rings (SSSR count). The second-order valence-corrected chi connectivity index (χ2v) is 8.23. The Balaban J connectivity index is 2.14. The predicted molar refractivity (Wildman–Crippen MR) is 91.9 cm³/mol. The average Bonchev–Trinajstić information content (AvgIpc) is 3.54. The van der Waals surface area contributed by atoms with Crippen LogP contribution in [-0.2, 0) is 23.1 Å². The Hall–Kier alpha value is -0.250. The molecule has 0 aromatic carbocycles. The van der Waals surface area contributed by atoms with Gasteiger partial charge in [0.25, 0.3) is 0 Å². The van der Waals surface area contributed by atoms with E-state index in [1.165, 1.54) is 13.8 Å². The van der Waals surface area contributed by atoms with Crippen LogP contribution in [0.2, 0.25) is 0 Å². The third-order valence-electron chi connectivity index (χ3n) is 5.26. The monoisotopic (exact) mass is 432 g/mol. The van der Waals surface area contributed by atoms with Crippen molar-refractivity contribution in [3.63, 3.8) is 0 Å². The summed E-state index contributed by atoms with van der Waals surface area (Å²) < 4.78 is 33.3. The van der Waals surface area contributed by atoms with Crippen molar-refractivity contribution < 1.29 is 53.7 Å². The van der Waals surface area contributed by atoms with E-state index in [0.717, 1.165) is 0 Å². The standard InChI is InChI=1S/C14H29N2O11P/c1-7-13(24-7,9(21)11(15,3-17)4-18)26-28(23)27-14(8(2)25-14)10(22)12(16,5-19)6-20/h7-10,17-22,28H,3-6,15-16H2,1-2H3/t7?,8?,9?,10?,13-,14-/m0/s1. The van der Waals surface area contributed by atoms with Gasteiger partial charge >= 0.3 is 8.25 Å². The van der Waals surface area contributed by atoms with Crippen LogP contribution in [0.25, 0.3) is 0 Å². The van der Waals surface area contributed by atoms with E-state index in [4.69, 9.17) is 30.0 Å². The summed E-state index contributed by atoms with van der Waals surface area (Å²) in [4.78, 5) is 0. The van der Waals surface area contributed by atoms with Crippen molar-refractivity contribution in [2.24, 2.45) is 11.5 Å². The van der Waals surface area contributed by atoms with E-state index in [1.54, 1.807) is 0 Å². The molecular formula is C14H29N2O11P. The molecule has 2 aliphatic rings. The normalized spacial score (nSPS) is 36.1. The van der Waals surface area contributed by atoms with E-state index in [1.807, 2.05) is 0 Å². The number of rotatable bonds is 12. The maximum Gasteiger partial charge on any atom is 0.324 e. The Morgan fingerprint density at radius 2 is 1.14 bits per heavy atom. The van der Waals surface area contributed by atoms with E-state index in [0.29, 0.717) is 0 Å². The molecule has 0 saturated carbocycles. The van der Waals surface area contributed by atoms with Crippen molar-refractivity contribution in [1.82, 2.24) is 0 Å². The molecule has 0 amide bonds. The molecule has 0 spiro atoms. The van der Waals surface area contributed by atoms with Crippen LogP contribution in [0.15, 0.2) is 0 Å². The van der Waals surface area contributed by atoms with Crippen LogP contribution in [0.5, 0.6) is 0 Å². The summed E-state index contributed by atoms with van der Waals surface area (Å²) in [7, 11) is -3.54. The summed E-state index contributed by atoms with van der Waals surface area (Å²) in [6.07, 6.45) is -5.15. The molecule has 2 heterocycles. The molecule has 2 saturated heterocycles. The zero-order chi connectivity index (χ0) is 21.5. The Kier molecular flexibility index (Phi) is 6.96. The number of aliphatic hydroxyl groups excluding tert-OH is 6. The maximum absolute atomic E-state index is 12.5. The Bertz CT molecular complexity index is 542. The van der Waals surface area contributed by atoms with Crippen LogP contribution in [0.1, 0.15) is 13.8 Å². The fourth-order valence-electron chi connectivity index (χ4n) is 2.91. The highest BCUT2D eigenvalue weighted by atomic mass is 31.1. The topological polar surface area (TPSA) is 234 Å². The number of aliphatic hydroxyl groups is 6. The highest BCUT2D eigenvalue weighted by Crippen LogP contribution is 2.55. The molecule has 0 aromatic heterocycles. The van der Waals surface area contributed by atoms with Crippen LogP contribution in [-0.4, -0.2) is 104 Å². The summed E-state index contributed by atoms with van der Waals surface area (Å²) in [6.45, 7) is -0.343. The SMILES string of the molecule is CC1O[C@@]1(O[PH](=O)O[C@@]1(C(O)C(N)(CO)CO)OC1C)C(O)C(N)(CO)CO. The smallest absolute Gasteiger partial charge is 0.324 e. The lowest BCUT2D eigenvalue weighted by Crippen LogP contribution is -2.63. The van der Waals surface area contributed by atoms with Crippen molar-refractivity contribution in [2.75, 3.05) is 26.4 Å². The molecule has 10 N–H and O–H groups in total. The third-order valence-corrected chi connectivity index (χ3v) is 6.23. The van der Waals surface area contributed by atoms with E-state index >= 15 is 0 Å². The van der Waals surface area contributed by atoms with Gasteiger partial charge in [-0.1, -0.05) is 0 Å². The molecule has 13 nitrogen and oxygen atoms in total. The lowest BCUT2D eigenvalue weighted by molar-refractivity contribution is -0.132. The minimum absolute atomic E-state index is 0.803. The number of ether oxygens (including phenoxy) is 2. The largest absolute Gasteiger partial charge is 0.394 e. The molecule has 2 aliphatic heterocycles. The van der Waals surface area contributed by atoms with Crippen molar-refractivity contribution in [1.29, 1.82) is 0 Å². The Labute approximate surface area is 161 Å². The molecule has 166 valence electrons. The Morgan fingerprint density at radius 3 is 1.32 bits per heavy atom.